The molecule has 24 heavy (non-hydrogen) atoms. The van der Waals surface area contributed by atoms with Gasteiger partial charge in [0.25, 0.3) is 0 Å². The number of rotatable bonds is 3. The minimum atomic E-state index is -0.606. The third-order valence-corrected chi connectivity index (χ3v) is 3.60. The summed E-state index contributed by atoms with van der Waals surface area (Å²) in [6.07, 6.45) is -0.0607. The lowest BCUT2D eigenvalue weighted by Crippen LogP contribution is -2.43. The van der Waals surface area contributed by atoms with E-state index in [0.29, 0.717) is 30.8 Å². The smallest absolute Gasteiger partial charge is 0.408 e. The van der Waals surface area contributed by atoms with E-state index in [-0.39, 0.29) is 5.91 Å². The first-order chi connectivity index (χ1) is 11.2. The molecule has 0 spiro atoms. The number of likely N-dealkylation sites (tertiary alicyclic amines) is 1. The van der Waals surface area contributed by atoms with E-state index >= 15 is 0 Å². The molecule has 1 saturated heterocycles. The van der Waals surface area contributed by atoms with Crippen molar-refractivity contribution in [1.82, 2.24) is 10.2 Å². The Hall–Kier alpha value is -2.75. The zero-order valence-electron chi connectivity index (χ0n) is 14.1. The summed E-state index contributed by atoms with van der Waals surface area (Å²) >= 11 is 0. The normalized spacial score (nSPS) is 17.5. The van der Waals surface area contributed by atoms with Crippen molar-refractivity contribution in [3.8, 4) is 6.07 Å². The van der Waals surface area contributed by atoms with Gasteiger partial charge in [-0.1, -0.05) is 6.07 Å². The lowest BCUT2D eigenvalue weighted by Gasteiger charge is -2.21. The number of nitrogens with zero attached hydrogens (tertiary/aromatic N) is 2. The van der Waals surface area contributed by atoms with E-state index in [1.54, 1.807) is 43.9 Å². The fourth-order valence-electron chi connectivity index (χ4n) is 2.51. The largest absolute Gasteiger partial charge is 0.444 e. The molecule has 3 N–H and O–H groups in total. The molecular formula is C17H22N4O3. The van der Waals surface area contributed by atoms with Gasteiger partial charge in [-0.05, 0) is 44.9 Å². The summed E-state index contributed by atoms with van der Waals surface area (Å²) in [6.45, 7) is 6.24. The first-order valence-corrected chi connectivity index (χ1v) is 7.76. The summed E-state index contributed by atoms with van der Waals surface area (Å²) < 4.78 is 5.17. The molecule has 128 valence electrons. The fourth-order valence-corrected chi connectivity index (χ4v) is 2.51. The molecule has 0 aliphatic carbocycles. The lowest BCUT2D eigenvalue weighted by molar-refractivity contribution is -0.129. The molecule has 1 aliphatic heterocycles. The second-order valence-electron chi connectivity index (χ2n) is 6.78. The Bertz CT molecular complexity index is 688. The zero-order chi connectivity index (χ0) is 17.9. The van der Waals surface area contributed by atoms with E-state index in [1.807, 2.05) is 6.07 Å². The van der Waals surface area contributed by atoms with Gasteiger partial charge in [0.15, 0.2) is 0 Å². The van der Waals surface area contributed by atoms with Crippen molar-refractivity contribution in [3.63, 3.8) is 0 Å². The maximum atomic E-state index is 12.4. The Labute approximate surface area is 141 Å². The molecule has 1 heterocycles. The number of carbonyl (C=O) groups is 2. The average molecular weight is 330 g/mol. The van der Waals surface area contributed by atoms with Gasteiger partial charge >= 0.3 is 6.09 Å². The predicted molar refractivity (Wildman–Crippen MR) is 88.8 cm³/mol. The Morgan fingerprint density at radius 3 is 2.79 bits per heavy atom. The number of nitrogens with two attached hydrogens (primary N) is 1. The first-order valence-electron chi connectivity index (χ1n) is 7.76. The van der Waals surface area contributed by atoms with Crippen LogP contribution in [-0.4, -0.2) is 35.1 Å². The van der Waals surface area contributed by atoms with Crippen LogP contribution in [-0.2, 0) is 16.1 Å². The van der Waals surface area contributed by atoms with Gasteiger partial charge in [0.05, 0.1) is 5.56 Å². The second kappa shape index (κ2) is 6.79. The summed E-state index contributed by atoms with van der Waals surface area (Å²) in [5.41, 5.74) is 6.84. The van der Waals surface area contributed by atoms with Crippen LogP contribution in [0.3, 0.4) is 0 Å². The Morgan fingerprint density at radius 2 is 2.21 bits per heavy atom. The van der Waals surface area contributed by atoms with Crippen molar-refractivity contribution in [1.29, 1.82) is 5.26 Å². The van der Waals surface area contributed by atoms with Gasteiger partial charge in [-0.25, -0.2) is 4.79 Å². The number of hydrogen-bond donors (Lipinski definition) is 2. The number of amides is 2. The molecule has 1 aliphatic rings. The number of alkyl carbamates (subject to hydrolysis) is 1. The summed E-state index contributed by atoms with van der Waals surface area (Å²) in [7, 11) is 0. The van der Waals surface area contributed by atoms with Crippen LogP contribution in [0.2, 0.25) is 0 Å². The Kier molecular flexibility index (Phi) is 4.98. The summed E-state index contributed by atoms with van der Waals surface area (Å²) in [5.74, 6) is -0.149. The van der Waals surface area contributed by atoms with Gasteiger partial charge in [0.1, 0.15) is 17.7 Å². The second-order valence-corrected chi connectivity index (χ2v) is 6.78. The Morgan fingerprint density at radius 1 is 1.50 bits per heavy atom. The molecule has 0 saturated carbocycles. The van der Waals surface area contributed by atoms with Crippen LogP contribution in [0.4, 0.5) is 10.5 Å². The van der Waals surface area contributed by atoms with Crippen molar-refractivity contribution in [2.45, 2.75) is 45.4 Å². The van der Waals surface area contributed by atoms with Crippen LogP contribution >= 0.6 is 0 Å². The molecule has 2 amide bonds. The van der Waals surface area contributed by atoms with Gasteiger partial charge < -0.3 is 20.7 Å². The van der Waals surface area contributed by atoms with E-state index in [9.17, 15) is 9.59 Å². The number of benzene rings is 1. The molecule has 1 aromatic carbocycles. The van der Waals surface area contributed by atoms with Crippen LogP contribution in [0.1, 0.15) is 38.3 Å². The molecule has 0 aromatic heterocycles. The van der Waals surface area contributed by atoms with E-state index in [1.165, 1.54) is 0 Å². The molecule has 7 nitrogen and oxygen atoms in total. The molecule has 1 atom stereocenters. The summed E-state index contributed by atoms with van der Waals surface area (Å²) in [6, 6.07) is 6.54. The molecule has 7 heteroatoms. The maximum absolute atomic E-state index is 12.4. The average Bonchev–Trinajstić information content (AvgIpc) is 2.78. The van der Waals surface area contributed by atoms with Gasteiger partial charge in [-0.3, -0.25) is 4.79 Å². The van der Waals surface area contributed by atoms with Gasteiger partial charge in [0.2, 0.25) is 5.91 Å². The number of nitrogens with one attached hydrogen (secondary N) is 1. The van der Waals surface area contributed by atoms with Gasteiger partial charge in [0, 0.05) is 18.8 Å². The van der Waals surface area contributed by atoms with Crippen LogP contribution < -0.4 is 11.1 Å². The zero-order valence-corrected chi connectivity index (χ0v) is 14.1. The molecule has 0 unspecified atom stereocenters. The number of anilines is 1. The van der Waals surface area contributed by atoms with E-state index in [0.717, 1.165) is 5.56 Å². The molecule has 0 bridgehead atoms. The minimum Gasteiger partial charge on any atom is -0.444 e. The molecule has 2 rings (SSSR count). The number of nitrogen functional groups attached to an aromatic ring is 1. The number of hydrogen-bond acceptors (Lipinski definition) is 5. The Balaban J connectivity index is 1.95. The monoisotopic (exact) mass is 330 g/mol. The highest BCUT2D eigenvalue weighted by atomic mass is 16.6. The summed E-state index contributed by atoms with van der Waals surface area (Å²) in [4.78, 5) is 25.8. The highest BCUT2D eigenvalue weighted by Gasteiger charge is 2.33. The van der Waals surface area contributed by atoms with Crippen LogP contribution in [0.25, 0.3) is 0 Å². The third-order valence-electron chi connectivity index (χ3n) is 3.60. The maximum Gasteiger partial charge on any atom is 0.408 e. The fraction of sp³-hybridized carbons (Fsp3) is 0.471. The van der Waals surface area contributed by atoms with Crippen molar-refractivity contribution in [3.05, 3.63) is 29.3 Å². The van der Waals surface area contributed by atoms with Gasteiger partial charge in [-0.2, -0.15) is 5.26 Å². The quantitative estimate of drug-likeness (QED) is 0.821. The van der Waals surface area contributed by atoms with Crippen molar-refractivity contribution in [2.75, 3.05) is 12.3 Å². The molecule has 1 fully saturated rings. The SMILES string of the molecule is CC(C)(C)OC(=O)N[C@@H]1CCN(Cc2ccc(C#N)c(N)c2)C1=O. The van der Waals surface area contributed by atoms with Crippen LogP contribution in [0.5, 0.6) is 0 Å². The number of nitriles is 1. The topological polar surface area (TPSA) is 108 Å². The van der Waals surface area contributed by atoms with Crippen molar-refractivity contribution in [2.24, 2.45) is 0 Å². The number of carbonyl (C=O) groups excluding carboxylic acids is 2. The minimum absolute atomic E-state index is 0.149. The first kappa shape index (κ1) is 17.6. The van der Waals surface area contributed by atoms with E-state index in [4.69, 9.17) is 15.7 Å². The summed E-state index contributed by atoms with van der Waals surface area (Å²) in [5, 5.41) is 11.5. The van der Waals surface area contributed by atoms with E-state index < -0.39 is 17.7 Å². The van der Waals surface area contributed by atoms with Crippen LogP contribution in [0, 0.1) is 11.3 Å². The molecule has 0 radical (unpaired) electrons. The molecule has 1 aromatic rings. The van der Waals surface area contributed by atoms with Crippen molar-refractivity contribution < 1.29 is 14.3 Å². The highest BCUT2D eigenvalue weighted by Crippen LogP contribution is 2.19. The van der Waals surface area contributed by atoms with E-state index in [2.05, 4.69) is 5.32 Å². The predicted octanol–water partition coefficient (Wildman–Crippen LogP) is 1.77. The van der Waals surface area contributed by atoms with Gasteiger partial charge in [-0.15, -0.1) is 0 Å². The standard InChI is InChI=1S/C17H22N4O3/c1-17(2,3)24-16(23)20-14-6-7-21(15(14)22)10-11-4-5-12(9-18)13(19)8-11/h4-5,8,14H,6-7,10,19H2,1-3H3,(H,20,23)/t14-/m1/s1. The molecular weight excluding hydrogens is 308 g/mol. The van der Waals surface area contributed by atoms with Crippen molar-refractivity contribution >= 4 is 17.7 Å². The van der Waals surface area contributed by atoms with Crippen LogP contribution in [0.15, 0.2) is 18.2 Å². The highest BCUT2D eigenvalue weighted by molar-refractivity contribution is 5.87. The third kappa shape index (κ3) is 4.38. The lowest BCUT2D eigenvalue weighted by atomic mass is 10.1. The number of ether oxygens (including phenoxy) is 1.